The molecule has 1 amide bonds. The molecule has 0 radical (unpaired) electrons. The maximum Gasteiger partial charge on any atom is 0.472 e. The summed E-state index contributed by atoms with van der Waals surface area (Å²) in [5.41, 5.74) is 0. The van der Waals surface area contributed by atoms with E-state index in [0.717, 1.165) is 44.9 Å². The van der Waals surface area contributed by atoms with E-state index in [2.05, 4.69) is 43.5 Å². The Bertz CT molecular complexity index is 1160. The van der Waals surface area contributed by atoms with E-state index in [1.165, 1.54) is 225 Å². The van der Waals surface area contributed by atoms with E-state index < -0.39 is 20.0 Å². The predicted octanol–water partition coefficient (Wildman–Crippen LogP) is 18.0. The molecule has 3 atom stereocenters. The van der Waals surface area contributed by atoms with Gasteiger partial charge in [-0.05, 0) is 44.9 Å². The van der Waals surface area contributed by atoms with Crippen molar-refractivity contribution in [3.8, 4) is 0 Å². The Labute approximate surface area is 424 Å². The normalized spacial score (nSPS) is 14.0. The fraction of sp³-hybridized carbons (Fsp3) is 0.915. The average Bonchev–Trinajstić information content (AvgIpc) is 3.30. The number of hydrogen-bond donors (Lipinski definition) is 3. The summed E-state index contributed by atoms with van der Waals surface area (Å²) in [5, 5.41) is 14.0. The number of rotatable bonds is 55. The number of likely N-dealkylation sites (N-methyl/N-ethyl adjacent to an activating group) is 1. The molecule has 0 rings (SSSR count). The number of allylic oxidation sites excluding steroid dienone is 4. The Morgan fingerprint density at radius 2 is 0.838 bits per heavy atom. The SMILES string of the molecule is CCCCCCC/C=C\C/C=C\CCCCCCCCCCCCCCCCCCCCCCCCCCCC(=O)NC(COP(=O)(O)OCC[N+](C)(C)C)C(O)CCCCCCCCCCC. The van der Waals surface area contributed by atoms with Crippen molar-refractivity contribution in [3.63, 3.8) is 0 Å². The lowest BCUT2D eigenvalue weighted by Crippen LogP contribution is -2.46. The van der Waals surface area contributed by atoms with E-state index in [1.54, 1.807) is 0 Å². The van der Waals surface area contributed by atoms with Gasteiger partial charge < -0.3 is 19.8 Å². The van der Waals surface area contributed by atoms with E-state index in [-0.39, 0.29) is 19.1 Å². The zero-order chi connectivity index (χ0) is 49.9. The molecule has 68 heavy (non-hydrogen) atoms. The van der Waals surface area contributed by atoms with Gasteiger partial charge in [-0.2, -0.15) is 0 Å². The van der Waals surface area contributed by atoms with Crippen LogP contribution in [0.25, 0.3) is 0 Å². The average molecular weight is 983 g/mol. The highest BCUT2D eigenvalue weighted by molar-refractivity contribution is 7.47. The smallest absolute Gasteiger partial charge is 0.391 e. The van der Waals surface area contributed by atoms with Crippen LogP contribution in [0.2, 0.25) is 0 Å². The van der Waals surface area contributed by atoms with Gasteiger partial charge in [-0.25, -0.2) is 4.57 Å². The van der Waals surface area contributed by atoms with Crippen LogP contribution in [0.1, 0.15) is 296 Å². The van der Waals surface area contributed by atoms with Crippen molar-refractivity contribution in [3.05, 3.63) is 24.3 Å². The molecule has 3 N–H and O–H groups in total. The molecule has 0 fully saturated rings. The molecule has 0 aliphatic heterocycles. The number of amides is 1. The summed E-state index contributed by atoms with van der Waals surface area (Å²) in [7, 11) is 1.63. The number of nitrogens with one attached hydrogen (secondary N) is 1. The van der Waals surface area contributed by atoms with Crippen LogP contribution in [0.15, 0.2) is 24.3 Å². The third-order valence-corrected chi connectivity index (χ3v) is 14.7. The first-order valence-electron chi connectivity index (χ1n) is 29.7. The minimum Gasteiger partial charge on any atom is -0.391 e. The Morgan fingerprint density at radius 3 is 1.21 bits per heavy atom. The molecule has 0 aromatic heterocycles. The van der Waals surface area contributed by atoms with E-state index in [1.807, 2.05) is 21.1 Å². The number of nitrogens with zero attached hydrogens (tertiary/aromatic N) is 1. The molecule has 8 nitrogen and oxygen atoms in total. The lowest BCUT2D eigenvalue weighted by Gasteiger charge is -2.26. The van der Waals surface area contributed by atoms with Gasteiger partial charge in [-0.15, -0.1) is 0 Å². The summed E-state index contributed by atoms with van der Waals surface area (Å²) in [5.74, 6) is -0.141. The highest BCUT2D eigenvalue weighted by Gasteiger charge is 2.28. The first-order chi connectivity index (χ1) is 33.0. The molecule has 0 saturated heterocycles. The second-order valence-electron chi connectivity index (χ2n) is 21.7. The number of aliphatic hydroxyl groups excluding tert-OH is 1. The Kier molecular flexibility index (Phi) is 50.1. The summed E-state index contributed by atoms with van der Waals surface area (Å²) >= 11 is 0. The highest BCUT2D eigenvalue weighted by Crippen LogP contribution is 2.43. The number of unbranched alkanes of at least 4 members (excludes halogenated alkanes) is 38. The van der Waals surface area contributed by atoms with Crippen LogP contribution in [0.5, 0.6) is 0 Å². The minimum atomic E-state index is -4.31. The van der Waals surface area contributed by atoms with Gasteiger partial charge in [0, 0.05) is 6.42 Å². The predicted molar refractivity (Wildman–Crippen MR) is 295 cm³/mol. The number of quaternary nitrogens is 1. The quantitative estimate of drug-likeness (QED) is 0.0243. The number of phosphoric ester groups is 1. The molecule has 0 saturated carbocycles. The molecular weight excluding hydrogens is 864 g/mol. The molecule has 0 aromatic carbocycles. The van der Waals surface area contributed by atoms with Crippen LogP contribution in [0.4, 0.5) is 0 Å². The third-order valence-electron chi connectivity index (χ3n) is 13.7. The summed E-state index contributed by atoms with van der Waals surface area (Å²) < 4.78 is 23.7. The second-order valence-corrected chi connectivity index (χ2v) is 23.2. The fourth-order valence-corrected chi connectivity index (χ4v) is 9.76. The molecule has 0 aromatic rings. The van der Waals surface area contributed by atoms with Crippen molar-refractivity contribution in [1.29, 1.82) is 0 Å². The van der Waals surface area contributed by atoms with E-state index in [4.69, 9.17) is 9.05 Å². The highest BCUT2D eigenvalue weighted by atomic mass is 31.2. The van der Waals surface area contributed by atoms with E-state index in [0.29, 0.717) is 23.9 Å². The van der Waals surface area contributed by atoms with Gasteiger partial charge in [0.25, 0.3) is 0 Å². The molecule has 0 aliphatic carbocycles. The molecule has 9 heteroatoms. The van der Waals surface area contributed by atoms with Crippen LogP contribution in [0, 0.1) is 0 Å². The van der Waals surface area contributed by atoms with Crippen LogP contribution in [0.3, 0.4) is 0 Å². The van der Waals surface area contributed by atoms with Gasteiger partial charge in [-0.1, -0.05) is 269 Å². The first-order valence-corrected chi connectivity index (χ1v) is 31.2. The maximum absolute atomic E-state index is 12.9. The molecular formula is C59H118N2O6P+. The topological polar surface area (TPSA) is 105 Å². The van der Waals surface area contributed by atoms with Gasteiger partial charge in [0.15, 0.2) is 0 Å². The summed E-state index contributed by atoms with van der Waals surface area (Å²) in [6, 6.07) is -0.755. The van der Waals surface area contributed by atoms with Gasteiger partial charge >= 0.3 is 7.82 Å². The van der Waals surface area contributed by atoms with Crippen LogP contribution < -0.4 is 5.32 Å². The Morgan fingerprint density at radius 1 is 0.500 bits per heavy atom. The lowest BCUT2D eigenvalue weighted by molar-refractivity contribution is -0.870. The third kappa shape index (κ3) is 52.8. The van der Waals surface area contributed by atoms with Crippen LogP contribution in [-0.4, -0.2) is 73.4 Å². The number of phosphoric acid groups is 1. The molecule has 3 unspecified atom stereocenters. The van der Waals surface area contributed by atoms with Crippen LogP contribution >= 0.6 is 7.82 Å². The number of carbonyl (C=O) groups is 1. The zero-order valence-electron chi connectivity index (χ0n) is 46.1. The number of carbonyl (C=O) groups excluding carboxylic acids is 1. The Balaban J connectivity index is 3.79. The van der Waals surface area contributed by atoms with Gasteiger partial charge in [0.2, 0.25) is 5.91 Å². The standard InChI is InChI=1S/C59H117N2O6P/c1-6-8-10-12-14-16-17-18-19-20-21-22-23-24-25-26-27-28-29-30-31-32-33-34-35-36-37-38-39-40-41-42-43-45-47-49-51-53-59(63)60-57(56-67-68(64,65)66-55-54-61(3,4)5)58(62)52-50-48-46-44-15-13-11-9-7-2/h17-18,20-21,57-58,62H,6-16,19,22-56H2,1-5H3,(H-,60,63,64,65)/p+1/b18-17-,21-20-. The molecule has 0 heterocycles. The molecule has 0 bridgehead atoms. The van der Waals surface area contributed by atoms with Crippen molar-refractivity contribution in [2.75, 3.05) is 40.9 Å². The maximum atomic E-state index is 12.9. The van der Waals surface area contributed by atoms with Crippen LogP contribution in [-0.2, 0) is 18.4 Å². The molecule has 0 spiro atoms. The molecule has 0 aliphatic rings. The minimum absolute atomic E-state index is 0.0771. The summed E-state index contributed by atoms with van der Waals surface area (Å²) in [6.45, 7) is 4.88. The lowest BCUT2D eigenvalue weighted by atomic mass is 10.0. The van der Waals surface area contributed by atoms with Crippen molar-refractivity contribution in [2.24, 2.45) is 0 Å². The van der Waals surface area contributed by atoms with E-state index >= 15 is 0 Å². The van der Waals surface area contributed by atoms with Gasteiger partial charge in [0.1, 0.15) is 13.2 Å². The van der Waals surface area contributed by atoms with Crippen molar-refractivity contribution in [2.45, 2.75) is 309 Å². The Hall–Kier alpha value is -1.02. The zero-order valence-corrected chi connectivity index (χ0v) is 47.0. The summed E-state index contributed by atoms with van der Waals surface area (Å²) in [4.78, 5) is 23.2. The van der Waals surface area contributed by atoms with Crippen molar-refractivity contribution >= 4 is 13.7 Å². The molecule has 404 valence electrons. The number of hydrogen-bond acceptors (Lipinski definition) is 5. The second kappa shape index (κ2) is 50.9. The largest absolute Gasteiger partial charge is 0.472 e. The monoisotopic (exact) mass is 982 g/mol. The van der Waals surface area contributed by atoms with Gasteiger partial charge in [0.05, 0.1) is 39.9 Å². The first kappa shape index (κ1) is 67.0. The fourth-order valence-electron chi connectivity index (χ4n) is 9.02. The van der Waals surface area contributed by atoms with Crippen molar-refractivity contribution in [1.82, 2.24) is 5.32 Å². The number of aliphatic hydroxyl groups is 1. The van der Waals surface area contributed by atoms with Crippen molar-refractivity contribution < 1.29 is 32.9 Å². The van der Waals surface area contributed by atoms with E-state index in [9.17, 15) is 19.4 Å². The van der Waals surface area contributed by atoms with Gasteiger partial charge in [-0.3, -0.25) is 13.8 Å². The summed E-state index contributed by atoms with van der Waals surface area (Å²) in [6.07, 6.45) is 64.2.